The first kappa shape index (κ1) is 13.4. The first-order valence-electron chi connectivity index (χ1n) is 7.40. The summed E-state index contributed by atoms with van der Waals surface area (Å²) < 4.78 is 0. The molecule has 3 heteroatoms. The van der Waals surface area contributed by atoms with Crippen molar-refractivity contribution in [2.75, 3.05) is 26.2 Å². The fraction of sp³-hybridized carbons (Fsp3) is 0.625. The predicted octanol–water partition coefficient (Wildman–Crippen LogP) is 2.64. The Bertz CT molecular complexity index is 432. The third-order valence-corrected chi connectivity index (χ3v) is 4.87. The Kier molecular flexibility index (Phi) is 3.84. The number of rotatable bonds is 3. The van der Waals surface area contributed by atoms with E-state index in [4.69, 9.17) is 0 Å². The van der Waals surface area contributed by atoms with E-state index in [1.54, 1.807) is 5.56 Å². The fourth-order valence-corrected chi connectivity index (χ4v) is 3.70. The van der Waals surface area contributed by atoms with Crippen LogP contribution in [0.5, 0.6) is 0 Å². The maximum atomic E-state index is 3.51. The molecule has 1 saturated carbocycles. The van der Waals surface area contributed by atoms with Crippen LogP contribution in [0.25, 0.3) is 0 Å². The molecule has 1 aromatic carbocycles. The third kappa shape index (κ3) is 2.81. The number of nitrogens with zero attached hydrogens (tertiary/aromatic N) is 1. The van der Waals surface area contributed by atoms with Gasteiger partial charge in [0, 0.05) is 19.6 Å². The summed E-state index contributed by atoms with van der Waals surface area (Å²) in [5, 5.41) is 3.51. The molecule has 0 radical (unpaired) electrons. The highest BCUT2D eigenvalue weighted by Gasteiger charge is 2.35. The molecule has 4 rings (SSSR count). The molecule has 2 nitrogen and oxygen atoms in total. The maximum Gasteiger partial charge on any atom is 0.0234 e. The average molecular weight is 279 g/mol. The van der Waals surface area contributed by atoms with Gasteiger partial charge in [-0.3, -0.25) is 4.90 Å². The number of fused-ring (bicyclic) bond motifs is 1. The van der Waals surface area contributed by atoms with Crippen molar-refractivity contribution < 1.29 is 0 Å². The number of benzene rings is 1. The Labute approximate surface area is 122 Å². The Hall–Kier alpha value is -0.570. The number of hydrogen-bond acceptors (Lipinski definition) is 2. The summed E-state index contributed by atoms with van der Waals surface area (Å²) in [7, 11) is 0. The second kappa shape index (κ2) is 5.43. The van der Waals surface area contributed by atoms with Crippen LogP contribution in [0.15, 0.2) is 24.3 Å². The summed E-state index contributed by atoms with van der Waals surface area (Å²) >= 11 is 0. The largest absolute Gasteiger partial charge is 0.316 e. The number of halogens is 1. The van der Waals surface area contributed by atoms with Crippen LogP contribution in [-0.4, -0.2) is 31.1 Å². The molecule has 1 aliphatic carbocycles. The van der Waals surface area contributed by atoms with Crippen molar-refractivity contribution in [3.63, 3.8) is 0 Å². The van der Waals surface area contributed by atoms with Crippen molar-refractivity contribution in [2.24, 2.45) is 11.8 Å². The van der Waals surface area contributed by atoms with E-state index in [1.807, 2.05) is 0 Å². The Morgan fingerprint density at radius 1 is 1.11 bits per heavy atom. The van der Waals surface area contributed by atoms with Crippen LogP contribution in [0.2, 0.25) is 0 Å². The molecule has 2 atom stereocenters. The highest BCUT2D eigenvalue weighted by molar-refractivity contribution is 5.85. The summed E-state index contributed by atoms with van der Waals surface area (Å²) in [5.41, 5.74) is 3.10. The first-order valence-corrected chi connectivity index (χ1v) is 7.40. The quantitative estimate of drug-likeness (QED) is 0.914. The third-order valence-electron chi connectivity index (χ3n) is 4.87. The zero-order valence-corrected chi connectivity index (χ0v) is 12.2. The number of hydrogen-bond donors (Lipinski definition) is 1. The summed E-state index contributed by atoms with van der Waals surface area (Å²) in [6.45, 7) is 6.23. The van der Waals surface area contributed by atoms with E-state index in [0.29, 0.717) is 0 Å². The Morgan fingerprint density at radius 2 is 1.84 bits per heavy atom. The fourth-order valence-electron chi connectivity index (χ4n) is 3.70. The van der Waals surface area contributed by atoms with Gasteiger partial charge in [-0.05, 0) is 54.8 Å². The molecule has 104 valence electrons. The van der Waals surface area contributed by atoms with Crippen molar-refractivity contribution in [2.45, 2.75) is 25.3 Å². The molecule has 0 amide bonds. The van der Waals surface area contributed by atoms with Crippen LogP contribution >= 0.6 is 12.4 Å². The van der Waals surface area contributed by atoms with E-state index < -0.39 is 0 Å². The lowest BCUT2D eigenvalue weighted by atomic mass is 10.0. The maximum absolute atomic E-state index is 3.51. The monoisotopic (exact) mass is 278 g/mol. The van der Waals surface area contributed by atoms with E-state index in [-0.39, 0.29) is 12.4 Å². The van der Waals surface area contributed by atoms with Crippen LogP contribution < -0.4 is 5.32 Å². The summed E-state index contributed by atoms with van der Waals surface area (Å²) in [4.78, 5) is 2.65. The molecule has 19 heavy (non-hydrogen) atoms. The van der Waals surface area contributed by atoms with E-state index in [1.165, 1.54) is 44.6 Å². The van der Waals surface area contributed by atoms with Crippen LogP contribution in [0.3, 0.4) is 0 Å². The SMILES string of the molecule is Cl.c1cc(CN2C[C@H]3CNC[C@H]3C2)cc(C2CC2)c1. The lowest BCUT2D eigenvalue weighted by molar-refractivity contribution is 0.305. The van der Waals surface area contributed by atoms with Gasteiger partial charge in [0.25, 0.3) is 0 Å². The van der Waals surface area contributed by atoms with Gasteiger partial charge >= 0.3 is 0 Å². The van der Waals surface area contributed by atoms with Crippen LogP contribution in [-0.2, 0) is 6.54 Å². The highest BCUT2D eigenvalue weighted by atomic mass is 35.5. The average Bonchev–Trinajstić information content (AvgIpc) is 3.03. The molecule has 2 heterocycles. The van der Waals surface area contributed by atoms with Crippen LogP contribution in [0.4, 0.5) is 0 Å². The van der Waals surface area contributed by atoms with Crippen molar-refractivity contribution in [3.8, 4) is 0 Å². The van der Waals surface area contributed by atoms with Gasteiger partial charge in [0.05, 0.1) is 0 Å². The van der Waals surface area contributed by atoms with Gasteiger partial charge in [-0.1, -0.05) is 24.3 Å². The first-order chi connectivity index (χ1) is 8.88. The zero-order chi connectivity index (χ0) is 11.9. The smallest absolute Gasteiger partial charge is 0.0234 e. The summed E-state index contributed by atoms with van der Waals surface area (Å²) in [5.74, 6) is 2.71. The molecule has 3 fully saturated rings. The van der Waals surface area contributed by atoms with E-state index in [2.05, 4.69) is 34.5 Å². The van der Waals surface area contributed by atoms with Crippen molar-refractivity contribution >= 4 is 12.4 Å². The second-order valence-corrected chi connectivity index (χ2v) is 6.39. The molecule has 2 saturated heterocycles. The zero-order valence-electron chi connectivity index (χ0n) is 11.3. The molecule has 0 spiro atoms. The minimum atomic E-state index is 0. The Morgan fingerprint density at radius 3 is 2.53 bits per heavy atom. The van der Waals surface area contributed by atoms with Gasteiger partial charge in [0.2, 0.25) is 0 Å². The van der Waals surface area contributed by atoms with Gasteiger partial charge in [-0.15, -0.1) is 12.4 Å². The van der Waals surface area contributed by atoms with Crippen LogP contribution in [0, 0.1) is 11.8 Å². The second-order valence-electron chi connectivity index (χ2n) is 6.39. The Balaban J connectivity index is 0.00000110. The highest BCUT2D eigenvalue weighted by Crippen LogP contribution is 2.40. The molecular weight excluding hydrogens is 256 g/mol. The molecule has 0 aromatic heterocycles. The molecule has 1 aromatic rings. The van der Waals surface area contributed by atoms with Gasteiger partial charge < -0.3 is 5.32 Å². The van der Waals surface area contributed by atoms with E-state index in [0.717, 1.165) is 24.3 Å². The molecule has 0 unspecified atom stereocenters. The van der Waals surface area contributed by atoms with Crippen molar-refractivity contribution in [1.82, 2.24) is 10.2 Å². The minimum absolute atomic E-state index is 0. The van der Waals surface area contributed by atoms with E-state index in [9.17, 15) is 0 Å². The minimum Gasteiger partial charge on any atom is -0.316 e. The normalized spacial score (nSPS) is 30.1. The molecular formula is C16H23ClN2. The van der Waals surface area contributed by atoms with Crippen molar-refractivity contribution in [3.05, 3.63) is 35.4 Å². The van der Waals surface area contributed by atoms with Gasteiger partial charge in [-0.2, -0.15) is 0 Å². The van der Waals surface area contributed by atoms with Crippen LogP contribution in [0.1, 0.15) is 29.9 Å². The number of likely N-dealkylation sites (tertiary alicyclic amines) is 1. The summed E-state index contributed by atoms with van der Waals surface area (Å²) in [6.07, 6.45) is 2.81. The van der Waals surface area contributed by atoms with E-state index >= 15 is 0 Å². The molecule has 1 N–H and O–H groups in total. The predicted molar refractivity (Wildman–Crippen MR) is 80.8 cm³/mol. The van der Waals surface area contributed by atoms with Gasteiger partial charge in [0.15, 0.2) is 0 Å². The lowest BCUT2D eigenvalue weighted by Gasteiger charge is -2.17. The van der Waals surface area contributed by atoms with Gasteiger partial charge in [0.1, 0.15) is 0 Å². The standard InChI is InChI=1S/C16H22N2.ClH/c1-2-12(6-14(3-1)13-4-5-13)9-18-10-15-7-17-8-16(15)11-18;/h1-3,6,13,15-17H,4-5,7-11H2;1H/t15-,16+;. The molecule has 0 bridgehead atoms. The lowest BCUT2D eigenvalue weighted by Crippen LogP contribution is -2.25. The topological polar surface area (TPSA) is 15.3 Å². The summed E-state index contributed by atoms with van der Waals surface area (Å²) in [6, 6.07) is 9.31. The van der Waals surface area contributed by atoms with Crippen molar-refractivity contribution in [1.29, 1.82) is 0 Å². The number of nitrogens with one attached hydrogen (secondary N) is 1. The molecule has 3 aliphatic rings. The van der Waals surface area contributed by atoms with Gasteiger partial charge in [-0.25, -0.2) is 0 Å². The molecule has 2 aliphatic heterocycles.